The van der Waals surface area contributed by atoms with Crippen molar-refractivity contribution in [2.45, 2.75) is 11.4 Å². The topological polar surface area (TPSA) is 127 Å². The molecule has 2 aromatic carbocycles. The standard InChI is InChI=1S/C16H13Cl2N5O3S2/c17-12-6-3-10(7-13(12)18)14(24)21-16-23-22-15(27-16)20-8-9-1-4-11(5-2-9)28(19,25)26/h1-7H,8H2,(H,20,22)(H2,19,25,26)(H,21,23,24). The number of nitrogens with one attached hydrogen (secondary N) is 2. The zero-order valence-corrected chi connectivity index (χ0v) is 17.2. The highest BCUT2D eigenvalue weighted by molar-refractivity contribution is 7.89. The van der Waals surface area contributed by atoms with Crippen molar-refractivity contribution >= 4 is 60.7 Å². The highest BCUT2D eigenvalue weighted by Crippen LogP contribution is 2.25. The SMILES string of the molecule is NS(=O)(=O)c1ccc(CNc2nnc(NC(=O)c3ccc(Cl)c(Cl)c3)s2)cc1. The molecule has 3 rings (SSSR count). The van der Waals surface area contributed by atoms with E-state index in [1.165, 1.54) is 24.3 Å². The van der Waals surface area contributed by atoms with Crippen molar-refractivity contribution in [1.29, 1.82) is 0 Å². The Bertz CT molecular complexity index is 1120. The predicted molar refractivity (Wildman–Crippen MR) is 109 cm³/mol. The Kier molecular flexibility index (Phi) is 6.16. The molecule has 28 heavy (non-hydrogen) atoms. The van der Waals surface area contributed by atoms with Crippen molar-refractivity contribution in [1.82, 2.24) is 10.2 Å². The summed E-state index contributed by atoms with van der Waals surface area (Å²) in [6.45, 7) is 0.389. The van der Waals surface area contributed by atoms with Crippen molar-refractivity contribution in [3.8, 4) is 0 Å². The van der Waals surface area contributed by atoms with Crippen LogP contribution < -0.4 is 15.8 Å². The summed E-state index contributed by atoms with van der Waals surface area (Å²) < 4.78 is 22.5. The molecule has 0 spiro atoms. The fourth-order valence-electron chi connectivity index (χ4n) is 2.13. The first-order valence-electron chi connectivity index (χ1n) is 7.68. The van der Waals surface area contributed by atoms with Gasteiger partial charge in [0.05, 0.1) is 14.9 Å². The first-order chi connectivity index (χ1) is 13.2. The first kappa shape index (κ1) is 20.5. The zero-order chi connectivity index (χ0) is 20.3. The minimum Gasteiger partial charge on any atom is -0.356 e. The van der Waals surface area contributed by atoms with Crippen LogP contribution in [0.25, 0.3) is 0 Å². The van der Waals surface area contributed by atoms with Gasteiger partial charge >= 0.3 is 0 Å². The van der Waals surface area contributed by atoms with Crippen LogP contribution in [-0.2, 0) is 16.6 Å². The number of primary sulfonamides is 1. The van der Waals surface area contributed by atoms with Crippen molar-refractivity contribution in [3.05, 3.63) is 63.6 Å². The highest BCUT2D eigenvalue weighted by Gasteiger charge is 2.12. The molecule has 3 aromatic rings. The van der Waals surface area contributed by atoms with Crippen LogP contribution in [-0.4, -0.2) is 24.5 Å². The lowest BCUT2D eigenvalue weighted by atomic mass is 10.2. The Morgan fingerprint density at radius 1 is 1.04 bits per heavy atom. The van der Waals surface area contributed by atoms with Gasteiger partial charge in [-0.3, -0.25) is 10.1 Å². The van der Waals surface area contributed by atoms with Gasteiger partial charge in [-0.15, -0.1) is 10.2 Å². The molecule has 0 atom stereocenters. The van der Waals surface area contributed by atoms with Gasteiger partial charge in [0.15, 0.2) is 0 Å². The van der Waals surface area contributed by atoms with E-state index in [0.29, 0.717) is 27.4 Å². The average Bonchev–Trinajstić information content (AvgIpc) is 3.09. The summed E-state index contributed by atoms with van der Waals surface area (Å²) in [4.78, 5) is 12.3. The number of halogens is 2. The monoisotopic (exact) mass is 457 g/mol. The number of anilines is 2. The molecule has 12 heteroatoms. The Balaban J connectivity index is 1.59. The summed E-state index contributed by atoms with van der Waals surface area (Å²) in [6, 6.07) is 10.7. The lowest BCUT2D eigenvalue weighted by Gasteiger charge is -2.04. The second-order valence-electron chi connectivity index (χ2n) is 5.54. The quantitative estimate of drug-likeness (QED) is 0.520. The molecule has 1 heterocycles. The molecule has 0 aliphatic heterocycles. The Hall–Kier alpha value is -2.24. The average molecular weight is 458 g/mol. The molecule has 0 saturated heterocycles. The maximum Gasteiger partial charge on any atom is 0.257 e. The van der Waals surface area contributed by atoms with Crippen molar-refractivity contribution in [2.75, 3.05) is 10.6 Å². The number of rotatable bonds is 6. The molecule has 0 fully saturated rings. The van der Waals surface area contributed by atoms with Gasteiger partial charge in [0.25, 0.3) is 5.91 Å². The van der Waals surface area contributed by atoms with Gasteiger partial charge in [0.2, 0.25) is 20.3 Å². The molecular formula is C16H13Cl2N5O3S2. The van der Waals surface area contributed by atoms with E-state index < -0.39 is 10.0 Å². The summed E-state index contributed by atoms with van der Waals surface area (Å²) >= 11 is 12.9. The molecule has 4 N–H and O–H groups in total. The minimum atomic E-state index is -3.72. The lowest BCUT2D eigenvalue weighted by Crippen LogP contribution is -2.12. The first-order valence-corrected chi connectivity index (χ1v) is 10.8. The van der Waals surface area contributed by atoms with E-state index in [1.807, 2.05) is 0 Å². The molecule has 0 aliphatic carbocycles. The summed E-state index contributed by atoms with van der Waals surface area (Å²) in [5.41, 5.74) is 1.16. The van der Waals surface area contributed by atoms with Crippen molar-refractivity contribution in [2.24, 2.45) is 5.14 Å². The minimum absolute atomic E-state index is 0.0412. The van der Waals surface area contributed by atoms with Crippen molar-refractivity contribution < 1.29 is 13.2 Å². The Morgan fingerprint density at radius 2 is 1.71 bits per heavy atom. The van der Waals surface area contributed by atoms with Crippen LogP contribution in [0.15, 0.2) is 47.4 Å². The van der Waals surface area contributed by atoms with Crippen LogP contribution in [0.5, 0.6) is 0 Å². The normalized spacial score (nSPS) is 11.2. The second kappa shape index (κ2) is 8.41. The molecule has 0 aliphatic rings. The van der Waals surface area contributed by atoms with E-state index in [2.05, 4.69) is 20.8 Å². The number of sulfonamides is 1. The lowest BCUT2D eigenvalue weighted by molar-refractivity contribution is 0.102. The van der Waals surface area contributed by atoms with Crippen molar-refractivity contribution in [3.63, 3.8) is 0 Å². The molecule has 0 bridgehead atoms. The third kappa shape index (κ3) is 5.18. The maximum atomic E-state index is 12.2. The number of nitrogens with two attached hydrogens (primary N) is 1. The third-order valence-electron chi connectivity index (χ3n) is 3.52. The van der Waals surface area contributed by atoms with Crippen LogP contribution in [0.4, 0.5) is 10.3 Å². The molecule has 146 valence electrons. The van der Waals surface area contributed by atoms with Gasteiger partial charge < -0.3 is 5.32 Å². The fourth-order valence-corrected chi connectivity index (χ4v) is 3.57. The van der Waals surface area contributed by atoms with Gasteiger partial charge in [0.1, 0.15) is 0 Å². The summed E-state index contributed by atoms with van der Waals surface area (Å²) in [5.74, 6) is -0.389. The van der Waals surface area contributed by atoms with E-state index in [9.17, 15) is 13.2 Å². The number of aromatic nitrogens is 2. The number of nitrogens with zero attached hydrogens (tertiary/aromatic N) is 2. The fraction of sp³-hybridized carbons (Fsp3) is 0.0625. The molecule has 0 unspecified atom stereocenters. The zero-order valence-electron chi connectivity index (χ0n) is 14.0. The molecule has 0 radical (unpaired) electrons. The van der Waals surface area contributed by atoms with Gasteiger partial charge in [0, 0.05) is 12.1 Å². The van der Waals surface area contributed by atoms with E-state index in [1.54, 1.807) is 18.2 Å². The van der Waals surface area contributed by atoms with Crippen LogP contribution in [0.2, 0.25) is 10.0 Å². The summed E-state index contributed by atoms with van der Waals surface area (Å²) in [5, 5.41) is 20.0. The Morgan fingerprint density at radius 3 is 2.36 bits per heavy atom. The largest absolute Gasteiger partial charge is 0.356 e. The number of hydrogen-bond donors (Lipinski definition) is 3. The van der Waals surface area contributed by atoms with E-state index in [-0.39, 0.29) is 15.8 Å². The Labute approximate surface area is 174 Å². The molecule has 1 aromatic heterocycles. The van der Waals surface area contributed by atoms with Gasteiger partial charge in [-0.25, -0.2) is 13.6 Å². The number of benzene rings is 2. The van der Waals surface area contributed by atoms with E-state index >= 15 is 0 Å². The predicted octanol–water partition coefficient (Wildman–Crippen LogP) is 3.36. The number of carbonyl (C=O) groups excluding carboxylic acids is 1. The van der Waals surface area contributed by atoms with Crippen LogP contribution in [0, 0.1) is 0 Å². The van der Waals surface area contributed by atoms with E-state index in [4.69, 9.17) is 28.3 Å². The molecular weight excluding hydrogens is 445 g/mol. The second-order valence-corrected chi connectivity index (χ2v) is 8.89. The summed E-state index contributed by atoms with van der Waals surface area (Å²) in [6.07, 6.45) is 0. The van der Waals surface area contributed by atoms with Crippen LogP contribution in [0.1, 0.15) is 15.9 Å². The number of amides is 1. The van der Waals surface area contributed by atoms with E-state index in [0.717, 1.165) is 16.9 Å². The highest BCUT2D eigenvalue weighted by atomic mass is 35.5. The molecule has 8 nitrogen and oxygen atoms in total. The summed E-state index contributed by atoms with van der Waals surface area (Å²) in [7, 11) is -3.72. The molecule has 1 amide bonds. The maximum absolute atomic E-state index is 12.2. The van der Waals surface area contributed by atoms with Crippen LogP contribution in [0.3, 0.4) is 0 Å². The van der Waals surface area contributed by atoms with Gasteiger partial charge in [-0.2, -0.15) is 0 Å². The van der Waals surface area contributed by atoms with Crippen LogP contribution >= 0.6 is 34.5 Å². The number of carbonyl (C=O) groups is 1. The third-order valence-corrected chi connectivity index (χ3v) is 5.99. The molecule has 0 saturated carbocycles. The number of hydrogen-bond acceptors (Lipinski definition) is 7. The van der Waals surface area contributed by atoms with Gasteiger partial charge in [-0.05, 0) is 35.9 Å². The van der Waals surface area contributed by atoms with Gasteiger partial charge in [-0.1, -0.05) is 46.7 Å². The smallest absolute Gasteiger partial charge is 0.257 e.